The van der Waals surface area contributed by atoms with Crippen molar-refractivity contribution < 1.29 is 24.2 Å². The number of carboxylic acid groups (broad SMARTS) is 1. The van der Waals surface area contributed by atoms with Gasteiger partial charge in [-0.2, -0.15) is 0 Å². The minimum atomic E-state index is -1.24. The van der Waals surface area contributed by atoms with Gasteiger partial charge in [-0.05, 0) is 59.4 Å². The molecule has 0 fully saturated rings. The number of carbonyl (C=O) groups excluding carboxylic acids is 2. The van der Waals surface area contributed by atoms with Crippen LogP contribution in [0.1, 0.15) is 85.6 Å². The van der Waals surface area contributed by atoms with Crippen molar-refractivity contribution in [2.75, 3.05) is 6.61 Å². The Morgan fingerprint density at radius 1 is 0.759 bits per heavy atom. The summed E-state index contributed by atoms with van der Waals surface area (Å²) in [7, 11) is 0. The molecule has 5 rings (SSSR count). The molecule has 0 radical (unpaired) electrons. The molecule has 0 unspecified atom stereocenters. The maximum absolute atomic E-state index is 13.7. The number of nitrogens with zero attached hydrogens (tertiary/aromatic N) is 3. The number of nitrogens with one attached hydrogen (secondary N) is 2. The van der Waals surface area contributed by atoms with E-state index in [0.717, 1.165) is 39.3 Å². The zero-order valence-corrected chi connectivity index (χ0v) is 32.2. The lowest BCUT2D eigenvalue weighted by Gasteiger charge is -2.21. The van der Waals surface area contributed by atoms with Gasteiger partial charge in [-0.25, -0.2) is 14.8 Å². The van der Waals surface area contributed by atoms with Crippen LogP contribution in [0.15, 0.2) is 97.5 Å². The average Bonchev–Trinajstić information content (AvgIpc) is 3.69. The second-order valence-corrected chi connectivity index (χ2v) is 15.4. The van der Waals surface area contributed by atoms with Crippen molar-refractivity contribution in [1.29, 1.82) is 0 Å². The lowest BCUT2D eigenvalue weighted by atomic mass is 9.95. The number of ether oxygens (including phenoxy) is 1. The van der Waals surface area contributed by atoms with Gasteiger partial charge in [0.05, 0.1) is 11.5 Å². The predicted octanol–water partition coefficient (Wildman–Crippen LogP) is 8.07. The molecule has 5 aromatic rings. The smallest absolute Gasteiger partial charge is 0.326 e. The van der Waals surface area contributed by atoms with Crippen molar-refractivity contribution in [2.45, 2.75) is 90.1 Å². The topological polar surface area (TPSA) is 143 Å². The second-order valence-electron chi connectivity index (χ2n) is 14.3. The SMILES string of the molecule is CCCCCCCOc1ccc(-c2cnc(-c3ccc(C[C@H](NC(=O)c4ccc(C(C)(C)C)s4)C(=O)N[C@@H](Cc4ccccn4)C(=O)O)cc3)nc2)cc1. The van der Waals surface area contributed by atoms with Gasteiger partial charge in [0.25, 0.3) is 5.91 Å². The van der Waals surface area contributed by atoms with Crippen LogP contribution in [-0.2, 0) is 27.8 Å². The van der Waals surface area contributed by atoms with Crippen LogP contribution in [0.25, 0.3) is 22.5 Å². The van der Waals surface area contributed by atoms with Gasteiger partial charge in [-0.3, -0.25) is 14.6 Å². The van der Waals surface area contributed by atoms with Crippen molar-refractivity contribution in [1.82, 2.24) is 25.6 Å². The summed E-state index contributed by atoms with van der Waals surface area (Å²) in [6.45, 7) is 9.13. The minimum Gasteiger partial charge on any atom is -0.494 e. The molecule has 0 aliphatic heterocycles. The van der Waals surface area contributed by atoms with Crippen LogP contribution >= 0.6 is 11.3 Å². The summed E-state index contributed by atoms with van der Waals surface area (Å²) >= 11 is 1.37. The number of amides is 2. The summed E-state index contributed by atoms with van der Waals surface area (Å²) in [6, 6.07) is 22.0. The number of benzene rings is 2. The molecule has 54 heavy (non-hydrogen) atoms. The number of unbranched alkanes of at least 4 members (excludes halogenated alkanes) is 4. The minimum absolute atomic E-state index is 0.00505. The number of pyridine rings is 1. The highest BCUT2D eigenvalue weighted by atomic mass is 32.1. The standard InChI is InChI=1S/C43H49N5O5S/c1-5-6-7-8-11-24-53-34-19-17-30(18-20-34)32-27-45-39(46-28-32)31-15-13-29(14-16-31)25-35(47-41(50)37-21-22-38(54-37)43(2,3)4)40(49)48-36(42(51)52)26-33-12-9-10-23-44-33/h9-10,12-23,27-28,35-36H,5-8,11,24-26H2,1-4H3,(H,47,50)(H,48,49)(H,51,52)/t35-,36-/m0/s1. The Kier molecular flexibility index (Phi) is 14.0. The highest BCUT2D eigenvalue weighted by Crippen LogP contribution is 2.30. The quantitative estimate of drug-likeness (QED) is 0.0764. The molecule has 3 heterocycles. The van der Waals surface area contributed by atoms with Crippen molar-refractivity contribution >= 4 is 29.1 Å². The molecule has 0 bridgehead atoms. The zero-order valence-electron chi connectivity index (χ0n) is 31.4. The largest absolute Gasteiger partial charge is 0.494 e. The molecule has 0 spiro atoms. The molecule has 10 nitrogen and oxygen atoms in total. The maximum Gasteiger partial charge on any atom is 0.326 e. The van der Waals surface area contributed by atoms with Crippen molar-refractivity contribution in [3.8, 4) is 28.3 Å². The molecule has 282 valence electrons. The Morgan fingerprint density at radius 3 is 2.09 bits per heavy atom. The lowest BCUT2D eigenvalue weighted by molar-refractivity contribution is -0.142. The average molecular weight is 748 g/mol. The molecule has 3 N–H and O–H groups in total. The van der Waals surface area contributed by atoms with E-state index < -0.39 is 29.9 Å². The Labute approximate surface area is 321 Å². The van der Waals surface area contributed by atoms with Gasteiger partial charge in [0.15, 0.2) is 5.82 Å². The molecule has 2 amide bonds. The molecule has 0 saturated carbocycles. The Bertz CT molecular complexity index is 1960. The van der Waals surface area contributed by atoms with E-state index >= 15 is 0 Å². The van der Waals surface area contributed by atoms with E-state index in [1.54, 1.807) is 42.9 Å². The predicted molar refractivity (Wildman–Crippen MR) is 213 cm³/mol. The molecular formula is C43H49N5O5S. The van der Waals surface area contributed by atoms with Gasteiger partial charge in [0.1, 0.15) is 17.8 Å². The summed E-state index contributed by atoms with van der Waals surface area (Å²) in [4.78, 5) is 54.2. The summed E-state index contributed by atoms with van der Waals surface area (Å²) in [5.41, 5.74) is 3.80. The number of hydrogen-bond donors (Lipinski definition) is 3. The van der Waals surface area contributed by atoms with E-state index in [-0.39, 0.29) is 18.3 Å². The number of aliphatic carboxylic acids is 1. The van der Waals surface area contributed by atoms with Crippen LogP contribution in [0, 0.1) is 0 Å². The molecule has 11 heteroatoms. The number of thiophene rings is 1. The first-order valence-corrected chi connectivity index (χ1v) is 19.3. The van der Waals surface area contributed by atoms with Crippen LogP contribution in [-0.4, -0.2) is 56.5 Å². The molecular weight excluding hydrogens is 699 g/mol. The van der Waals surface area contributed by atoms with E-state index in [4.69, 9.17) is 4.74 Å². The first kappa shape index (κ1) is 39.8. The van der Waals surface area contributed by atoms with Crippen LogP contribution in [0.4, 0.5) is 0 Å². The van der Waals surface area contributed by atoms with Gasteiger partial charge >= 0.3 is 5.97 Å². The molecule has 2 aromatic carbocycles. The fraction of sp³-hybridized carbons (Fsp3) is 0.349. The third-order valence-corrected chi connectivity index (χ3v) is 10.5. The summed E-state index contributed by atoms with van der Waals surface area (Å²) < 4.78 is 5.90. The number of carbonyl (C=O) groups is 3. The van der Waals surface area contributed by atoms with Crippen LogP contribution in [0.2, 0.25) is 0 Å². The lowest BCUT2D eigenvalue weighted by Crippen LogP contribution is -2.53. The summed E-state index contributed by atoms with van der Waals surface area (Å²) in [5, 5.41) is 15.4. The number of rotatable bonds is 18. The number of aromatic nitrogens is 3. The summed E-state index contributed by atoms with van der Waals surface area (Å²) in [5.74, 6) is -0.820. The molecule has 2 atom stereocenters. The first-order valence-electron chi connectivity index (χ1n) is 18.5. The van der Waals surface area contributed by atoms with E-state index in [2.05, 4.69) is 53.3 Å². The van der Waals surface area contributed by atoms with Gasteiger partial charge in [-0.15, -0.1) is 11.3 Å². The van der Waals surface area contributed by atoms with Gasteiger partial charge < -0.3 is 20.5 Å². The van der Waals surface area contributed by atoms with Gasteiger partial charge in [-0.1, -0.05) is 95.8 Å². The number of carboxylic acids is 1. The molecule has 3 aromatic heterocycles. The molecule has 0 aliphatic carbocycles. The van der Waals surface area contributed by atoms with Gasteiger partial charge in [0, 0.05) is 53.1 Å². The normalized spacial score (nSPS) is 12.4. The van der Waals surface area contributed by atoms with E-state index in [1.807, 2.05) is 54.6 Å². The fourth-order valence-corrected chi connectivity index (χ4v) is 6.76. The van der Waals surface area contributed by atoms with Crippen LogP contribution in [0.3, 0.4) is 0 Å². The van der Waals surface area contributed by atoms with Crippen LogP contribution < -0.4 is 15.4 Å². The zero-order chi connectivity index (χ0) is 38.5. The summed E-state index contributed by atoms with van der Waals surface area (Å²) in [6.07, 6.45) is 11.3. The monoisotopic (exact) mass is 747 g/mol. The van der Waals surface area contributed by atoms with Crippen molar-refractivity contribution in [3.05, 3.63) is 118 Å². The van der Waals surface area contributed by atoms with E-state index in [1.165, 1.54) is 37.0 Å². The van der Waals surface area contributed by atoms with Crippen molar-refractivity contribution in [2.24, 2.45) is 0 Å². The van der Waals surface area contributed by atoms with Gasteiger partial charge in [0.2, 0.25) is 5.91 Å². The Balaban J connectivity index is 1.26. The third kappa shape index (κ3) is 11.5. The Hall–Kier alpha value is -5.42. The molecule has 0 saturated heterocycles. The number of hydrogen-bond acceptors (Lipinski definition) is 8. The third-order valence-electron chi connectivity index (χ3n) is 8.95. The molecule has 0 aliphatic rings. The maximum atomic E-state index is 13.7. The van der Waals surface area contributed by atoms with Crippen LogP contribution in [0.5, 0.6) is 5.75 Å². The van der Waals surface area contributed by atoms with E-state index in [9.17, 15) is 19.5 Å². The van der Waals surface area contributed by atoms with Crippen molar-refractivity contribution in [3.63, 3.8) is 0 Å². The highest BCUT2D eigenvalue weighted by molar-refractivity contribution is 7.14. The highest BCUT2D eigenvalue weighted by Gasteiger charge is 2.29. The van der Waals surface area contributed by atoms with E-state index in [0.29, 0.717) is 23.0 Å². The fourth-order valence-electron chi connectivity index (χ4n) is 5.79. The first-order chi connectivity index (χ1) is 26.0. The Morgan fingerprint density at radius 2 is 1.46 bits per heavy atom. The second kappa shape index (κ2) is 19.1.